The third kappa shape index (κ3) is 7.72. The number of piperazine rings is 1. The standard InChI is InChI=1S/C27H36FN5O3.CH2O2/c1-19-15-32(24(14-29-19)16-31-7-9-35-18-20(31)2)17-26(34)33-8-10-36-27-25(33)12-22(13-30-27)11-21-3-5-23(28)6-4-21;2-1-3/h3-6,12-13,19-20,24,29H,7-11,14-18H2,1-2H3;1H,(H,2,3)/t19-,20?,24-;/m1./s1. The second kappa shape index (κ2) is 13.8. The van der Waals surface area contributed by atoms with Gasteiger partial charge in [0.05, 0.1) is 26.3 Å². The van der Waals surface area contributed by atoms with Gasteiger partial charge in [-0.25, -0.2) is 9.37 Å². The van der Waals surface area contributed by atoms with Gasteiger partial charge < -0.3 is 24.8 Å². The first kappa shape index (κ1) is 28.9. The third-order valence-electron chi connectivity index (χ3n) is 7.37. The van der Waals surface area contributed by atoms with Crippen molar-refractivity contribution in [2.24, 2.45) is 0 Å². The Morgan fingerprint density at radius 1 is 1.18 bits per heavy atom. The molecule has 39 heavy (non-hydrogen) atoms. The number of morpholine rings is 1. The van der Waals surface area contributed by atoms with Gasteiger partial charge in [0.15, 0.2) is 0 Å². The normalized spacial score (nSPS) is 23.7. The number of carboxylic acid groups (broad SMARTS) is 1. The Hall–Kier alpha value is -3.12. The summed E-state index contributed by atoms with van der Waals surface area (Å²) >= 11 is 0. The summed E-state index contributed by atoms with van der Waals surface area (Å²) in [6, 6.07) is 9.42. The van der Waals surface area contributed by atoms with E-state index in [4.69, 9.17) is 19.4 Å². The summed E-state index contributed by atoms with van der Waals surface area (Å²) in [5, 5.41) is 10.5. The van der Waals surface area contributed by atoms with E-state index in [2.05, 4.69) is 33.9 Å². The van der Waals surface area contributed by atoms with Crippen LogP contribution < -0.4 is 15.0 Å². The van der Waals surface area contributed by atoms with Crippen LogP contribution in [0, 0.1) is 5.82 Å². The van der Waals surface area contributed by atoms with Crippen LogP contribution in [0.3, 0.4) is 0 Å². The number of fused-ring (bicyclic) bond motifs is 1. The Morgan fingerprint density at radius 2 is 1.95 bits per heavy atom. The van der Waals surface area contributed by atoms with Gasteiger partial charge >= 0.3 is 0 Å². The van der Waals surface area contributed by atoms with Crippen LogP contribution >= 0.6 is 0 Å². The van der Waals surface area contributed by atoms with Gasteiger partial charge in [-0.3, -0.25) is 19.4 Å². The number of halogens is 1. The minimum Gasteiger partial charge on any atom is -0.483 e. The first-order valence-electron chi connectivity index (χ1n) is 13.4. The van der Waals surface area contributed by atoms with Crippen LogP contribution in [0.5, 0.6) is 5.88 Å². The molecule has 3 aliphatic rings. The molecule has 2 aromatic rings. The molecule has 3 atom stereocenters. The molecule has 2 N–H and O–H groups in total. The fourth-order valence-corrected chi connectivity index (χ4v) is 5.30. The number of aromatic nitrogens is 1. The number of hydrogen-bond donors (Lipinski definition) is 2. The maximum atomic E-state index is 13.7. The highest BCUT2D eigenvalue weighted by atomic mass is 19.1. The van der Waals surface area contributed by atoms with Gasteiger partial charge in [0.2, 0.25) is 11.8 Å². The van der Waals surface area contributed by atoms with E-state index < -0.39 is 0 Å². The molecule has 4 heterocycles. The van der Waals surface area contributed by atoms with E-state index in [-0.39, 0.29) is 24.2 Å². The predicted molar refractivity (Wildman–Crippen MR) is 145 cm³/mol. The monoisotopic (exact) mass is 543 g/mol. The molecule has 5 rings (SSSR count). The van der Waals surface area contributed by atoms with Crippen molar-refractivity contribution in [2.45, 2.75) is 38.4 Å². The molecule has 0 bridgehead atoms. The van der Waals surface area contributed by atoms with Gasteiger partial charge in [-0.2, -0.15) is 0 Å². The Morgan fingerprint density at radius 3 is 2.69 bits per heavy atom. The maximum absolute atomic E-state index is 13.7. The van der Waals surface area contributed by atoms with Gasteiger partial charge in [0.25, 0.3) is 6.47 Å². The Bertz CT molecular complexity index is 1100. The highest BCUT2D eigenvalue weighted by Gasteiger charge is 2.33. The maximum Gasteiger partial charge on any atom is 0.290 e. The zero-order valence-electron chi connectivity index (χ0n) is 22.6. The van der Waals surface area contributed by atoms with Gasteiger partial charge in [0, 0.05) is 50.5 Å². The number of nitrogens with one attached hydrogen (secondary N) is 1. The zero-order chi connectivity index (χ0) is 27.8. The van der Waals surface area contributed by atoms with E-state index in [1.165, 1.54) is 12.1 Å². The van der Waals surface area contributed by atoms with Crippen LogP contribution in [0.25, 0.3) is 0 Å². The molecule has 10 nitrogen and oxygen atoms in total. The molecule has 3 aliphatic heterocycles. The number of amides is 1. The second-order valence-electron chi connectivity index (χ2n) is 10.3. The van der Waals surface area contributed by atoms with E-state index in [9.17, 15) is 9.18 Å². The minimum atomic E-state index is -0.254. The fraction of sp³-hybridized carbons (Fsp3) is 0.536. The number of nitrogens with zero attached hydrogens (tertiary/aromatic N) is 4. The molecule has 0 aliphatic carbocycles. The Kier molecular flexibility index (Phi) is 10.2. The largest absolute Gasteiger partial charge is 0.483 e. The number of carbonyl (C=O) groups excluding carboxylic acids is 1. The van der Waals surface area contributed by atoms with Crippen molar-refractivity contribution in [3.63, 3.8) is 0 Å². The molecular weight excluding hydrogens is 505 g/mol. The summed E-state index contributed by atoms with van der Waals surface area (Å²) in [6.45, 7) is 10.5. The molecular formula is C28H38FN5O5. The highest BCUT2D eigenvalue weighted by molar-refractivity contribution is 5.96. The van der Waals surface area contributed by atoms with Crippen molar-refractivity contribution in [1.29, 1.82) is 0 Å². The average Bonchev–Trinajstić information content (AvgIpc) is 2.92. The van der Waals surface area contributed by atoms with Crippen LogP contribution in [0.1, 0.15) is 25.0 Å². The summed E-state index contributed by atoms with van der Waals surface area (Å²) in [6.07, 6.45) is 2.38. The van der Waals surface area contributed by atoms with Crippen molar-refractivity contribution < 1.29 is 28.6 Å². The molecule has 1 aromatic heterocycles. The lowest BCUT2D eigenvalue weighted by Gasteiger charge is -2.44. The molecule has 0 radical (unpaired) electrons. The minimum absolute atomic E-state index is 0.0643. The van der Waals surface area contributed by atoms with Gasteiger partial charge in [-0.05, 0) is 49.6 Å². The molecule has 1 amide bonds. The van der Waals surface area contributed by atoms with Crippen molar-refractivity contribution in [3.05, 3.63) is 53.5 Å². The fourth-order valence-electron chi connectivity index (χ4n) is 5.30. The quantitative estimate of drug-likeness (QED) is 0.526. The lowest BCUT2D eigenvalue weighted by atomic mass is 10.1. The SMILES string of the molecule is CC1COCCN1C[C@H]1CN[C@H](C)CN1CC(=O)N1CCOc2ncc(Cc3ccc(F)cc3)cc21.O=CO. The topological polar surface area (TPSA) is 107 Å². The molecule has 11 heteroatoms. The van der Waals surface area contributed by atoms with Crippen LogP contribution in [-0.4, -0.2) is 109 Å². The molecule has 212 valence electrons. The van der Waals surface area contributed by atoms with E-state index >= 15 is 0 Å². The van der Waals surface area contributed by atoms with Crippen molar-refractivity contribution in [2.75, 3.05) is 64.0 Å². The van der Waals surface area contributed by atoms with Crippen molar-refractivity contribution in [1.82, 2.24) is 20.1 Å². The van der Waals surface area contributed by atoms with E-state index in [1.54, 1.807) is 18.3 Å². The molecule has 2 fully saturated rings. The smallest absolute Gasteiger partial charge is 0.290 e. The zero-order valence-corrected chi connectivity index (χ0v) is 22.6. The number of rotatable bonds is 6. The predicted octanol–water partition coefficient (Wildman–Crippen LogP) is 1.62. The van der Waals surface area contributed by atoms with E-state index in [0.717, 1.165) is 50.5 Å². The highest BCUT2D eigenvalue weighted by Crippen LogP contribution is 2.31. The third-order valence-corrected chi connectivity index (χ3v) is 7.37. The van der Waals surface area contributed by atoms with Crippen LogP contribution in [0.4, 0.5) is 10.1 Å². The number of hydrogen-bond acceptors (Lipinski definition) is 8. The molecule has 0 saturated carbocycles. The Balaban J connectivity index is 0.00000112. The summed E-state index contributed by atoms with van der Waals surface area (Å²) in [7, 11) is 0. The van der Waals surface area contributed by atoms with E-state index in [0.29, 0.717) is 49.8 Å². The van der Waals surface area contributed by atoms with Crippen LogP contribution in [0.2, 0.25) is 0 Å². The van der Waals surface area contributed by atoms with Crippen LogP contribution in [0.15, 0.2) is 36.5 Å². The molecule has 1 unspecified atom stereocenters. The number of pyridine rings is 1. The number of anilines is 1. The number of benzene rings is 1. The summed E-state index contributed by atoms with van der Waals surface area (Å²) in [5.74, 6) is 0.301. The van der Waals surface area contributed by atoms with Gasteiger partial charge in [0.1, 0.15) is 18.1 Å². The lowest BCUT2D eigenvalue weighted by molar-refractivity contribution is -0.123. The van der Waals surface area contributed by atoms with Gasteiger partial charge in [-0.1, -0.05) is 12.1 Å². The molecule has 0 spiro atoms. The first-order chi connectivity index (χ1) is 18.9. The summed E-state index contributed by atoms with van der Waals surface area (Å²) in [5.41, 5.74) is 2.66. The lowest BCUT2D eigenvalue weighted by Crippen LogP contribution is -2.62. The van der Waals surface area contributed by atoms with Crippen LogP contribution in [-0.2, 0) is 20.7 Å². The summed E-state index contributed by atoms with van der Waals surface area (Å²) in [4.78, 5) is 33.1. The molecule has 1 aromatic carbocycles. The van der Waals surface area contributed by atoms with Crippen molar-refractivity contribution in [3.8, 4) is 5.88 Å². The average molecular weight is 544 g/mol. The second-order valence-corrected chi connectivity index (χ2v) is 10.3. The number of ether oxygens (including phenoxy) is 2. The summed E-state index contributed by atoms with van der Waals surface area (Å²) < 4.78 is 24.7. The van der Waals surface area contributed by atoms with E-state index in [1.807, 2.05) is 11.0 Å². The molecule has 2 saturated heterocycles. The van der Waals surface area contributed by atoms with Crippen molar-refractivity contribution >= 4 is 18.1 Å². The Labute approximate surface area is 228 Å². The van der Waals surface area contributed by atoms with Gasteiger partial charge in [-0.15, -0.1) is 0 Å². The first-order valence-corrected chi connectivity index (χ1v) is 13.4. The number of carbonyl (C=O) groups is 2.